The predicted octanol–water partition coefficient (Wildman–Crippen LogP) is -0.562. The largest absolute Gasteiger partial charge is 0.333 e. The van der Waals surface area contributed by atoms with Gasteiger partial charge in [0.25, 0.3) is 5.56 Å². The molecule has 0 aromatic carbocycles. The number of imidazole rings is 1. The zero-order chi connectivity index (χ0) is 14.2. The van der Waals surface area contributed by atoms with Gasteiger partial charge in [-0.05, 0) is 12.8 Å². The smallest absolute Gasteiger partial charge is 0.315 e. The van der Waals surface area contributed by atoms with Gasteiger partial charge in [0.2, 0.25) is 0 Å². The number of fused-ring (bicyclic) bond motifs is 1. The number of hydrogen-bond donors (Lipinski definition) is 0. The van der Waals surface area contributed by atoms with Crippen LogP contribution >= 0.6 is 0 Å². The van der Waals surface area contributed by atoms with E-state index in [9.17, 15) is 9.59 Å². The Balaban J connectivity index is 3.04. The molecule has 6 nitrogen and oxygen atoms in total. The van der Waals surface area contributed by atoms with Gasteiger partial charge in [-0.1, -0.05) is 11.8 Å². The van der Waals surface area contributed by atoms with Crippen LogP contribution in [0.1, 0.15) is 12.7 Å². The molecule has 0 aliphatic carbocycles. The molecule has 0 saturated heterocycles. The van der Waals surface area contributed by atoms with Crippen LogP contribution in [0.25, 0.3) is 11.2 Å². The second kappa shape index (κ2) is 4.51. The van der Waals surface area contributed by atoms with Crippen molar-refractivity contribution in [2.75, 3.05) is 0 Å². The molecular weight excluding hydrogens is 244 g/mol. The van der Waals surface area contributed by atoms with Gasteiger partial charge in [-0.15, -0.1) is 6.42 Å². The van der Waals surface area contributed by atoms with E-state index in [0.717, 1.165) is 4.57 Å². The van der Waals surface area contributed by atoms with Gasteiger partial charge in [0.05, 0.1) is 6.54 Å². The van der Waals surface area contributed by atoms with Crippen LogP contribution in [-0.4, -0.2) is 18.7 Å². The predicted molar refractivity (Wildman–Crippen MR) is 71.6 cm³/mol. The molecule has 0 radical (unpaired) electrons. The fourth-order valence-corrected chi connectivity index (χ4v) is 1.90. The minimum Gasteiger partial charge on any atom is -0.315 e. The third-order valence-electron chi connectivity index (χ3n) is 2.85. The lowest BCUT2D eigenvalue weighted by Gasteiger charge is -2.05. The second-order valence-electron chi connectivity index (χ2n) is 3.98. The Kier molecular flexibility index (Phi) is 3.02. The summed E-state index contributed by atoms with van der Waals surface area (Å²) in [5.41, 5.74) is -0.307. The maximum Gasteiger partial charge on any atom is 0.333 e. The summed E-state index contributed by atoms with van der Waals surface area (Å²) in [6, 6.07) is 0. The molecule has 2 heterocycles. The Bertz CT molecular complexity index is 878. The van der Waals surface area contributed by atoms with Gasteiger partial charge in [0, 0.05) is 14.1 Å². The molecule has 0 amide bonds. The van der Waals surface area contributed by atoms with Crippen molar-refractivity contribution in [1.29, 1.82) is 0 Å². The lowest BCUT2D eigenvalue weighted by Crippen LogP contribution is -2.39. The number of terminal acetylenes is 1. The van der Waals surface area contributed by atoms with E-state index in [-0.39, 0.29) is 6.54 Å². The summed E-state index contributed by atoms with van der Waals surface area (Å²) in [5, 5.41) is 0. The highest BCUT2D eigenvalue weighted by Gasteiger charge is 2.16. The lowest BCUT2D eigenvalue weighted by atomic mass is 10.5. The summed E-state index contributed by atoms with van der Waals surface area (Å²) in [4.78, 5) is 28.5. The first-order chi connectivity index (χ1) is 9.02. The first kappa shape index (κ1) is 12.7. The summed E-state index contributed by atoms with van der Waals surface area (Å²) in [7, 11) is 3.23. The normalized spacial score (nSPS) is 10.0. The van der Waals surface area contributed by atoms with E-state index in [1.165, 1.54) is 4.57 Å². The average molecular weight is 256 g/mol. The van der Waals surface area contributed by atoms with Gasteiger partial charge in [-0.3, -0.25) is 9.36 Å². The molecule has 0 bridgehead atoms. The molecule has 0 atom stereocenters. The van der Waals surface area contributed by atoms with Crippen molar-refractivity contribution in [2.45, 2.75) is 13.5 Å². The van der Waals surface area contributed by atoms with Crippen molar-refractivity contribution in [3.05, 3.63) is 26.7 Å². The van der Waals surface area contributed by atoms with Crippen LogP contribution in [0.3, 0.4) is 0 Å². The minimum atomic E-state index is -0.482. The molecule has 2 aromatic heterocycles. The monoisotopic (exact) mass is 256 g/mol. The average Bonchev–Trinajstić information content (AvgIpc) is 2.71. The highest BCUT2D eigenvalue weighted by atomic mass is 16.2. The number of nitrogens with zero attached hydrogens (tertiary/aromatic N) is 4. The Morgan fingerprint density at radius 3 is 2.53 bits per heavy atom. The molecule has 0 spiro atoms. The molecule has 0 aliphatic rings. The minimum absolute atomic E-state index is 0.0680. The third-order valence-corrected chi connectivity index (χ3v) is 2.85. The summed E-state index contributed by atoms with van der Waals surface area (Å²) >= 11 is 0. The van der Waals surface area contributed by atoms with Crippen LogP contribution in [0.4, 0.5) is 0 Å². The van der Waals surface area contributed by atoms with Gasteiger partial charge in [0.1, 0.15) is 0 Å². The molecule has 2 aromatic rings. The van der Waals surface area contributed by atoms with Crippen molar-refractivity contribution < 1.29 is 0 Å². The Hall–Kier alpha value is -2.73. The van der Waals surface area contributed by atoms with E-state index in [2.05, 4.69) is 22.7 Å². The molecule has 0 fully saturated rings. The van der Waals surface area contributed by atoms with Gasteiger partial charge in [0.15, 0.2) is 17.0 Å². The van der Waals surface area contributed by atoms with Crippen LogP contribution in [0.5, 0.6) is 0 Å². The molecule has 6 heteroatoms. The van der Waals surface area contributed by atoms with Crippen molar-refractivity contribution in [3.63, 3.8) is 0 Å². The summed E-state index contributed by atoms with van der Waals surface area (Å²) in [6.07, 6.45) is 5.18. The molecule has 0 unspecified atom stereocenters. The lowest BCUT2D eigenvalue weighted by molar-refractivity contribution is 0.674. The quantitative estimate of drug-likeness (QED) is 0.642. The maximum atomic E-state index is 12.3. The van der Waals surface area contributed by atoms with E-state index in [0.29, 0.717) is 17.0 Å². The second-order valence-corrected chi connectivity index (χ2v) is 3.98. The Morgan fingerprint density at radius 2 is 1.95 bits per heavy atom. The zero-order valence-corrected chi connectivity index (χ0v) is 10.9. The van der Waals surface area contributed by atoms with Gasteiger partial charge < -0.3 is 4.57 Å². The number of hydrogen-bond acceptors (Lipinski definition) is 3. The highest BCUT2D eigenvalue weighted by Crippen LogP contribution is 2.07. The van der Waals surface area contributed by atoms with Gasteiger partial charge in [-0.2, -0.15) is 0 Å². The first-order valence-corrected chi connectivity index (χ1v) is 5.55. The van der Waals surface area contributed by atoms with E-state index in [4.69, 9.17) is 6.42 Å². The van der Waals surface area contributed by atoms with Crippen molar-refractivity contribution >= 4 is 11.2 Å². The van der Waals surface area contributed by atoms with Crippen LogP contribution in [-0.2, 0) is 20.6 Å². The molecule has 0 N–H and O–H groups in total. The zero-order valence-electron chi connectivity index (χ0n) is 10.9. The third kappa shape index (κ3) is 1.74. The van der Waals surface area contributed by atoms with Crippen LogP contribution in [0.2, 0.25) is 0 Å². The first-order valence-electron chi connectivity index (χ1n) is 5.55. The fraction of sp³-hybridized carbons (Fsp3) is 0.308. The summed E-state index contributed by atoms with van der Waals surface area (Å²) in [6.45, 7) is 1.61. The molecule has 96 valence electrons. The van der Waals surface area contributed by atoms with E-state index in [1.807, 2.05) is 0 Å². The van der Waals surface area contributed by atoms with Crippen molar-refractivity contribution in [1.82, 2.24) is 18.7 Å². The molecular formula is C13H12N4O2. The molecule has 0 saturated carbocycles. The number of rotatable bonds is 1. The Morgan fingerprint density at radius 1 is 1.26 bits per heavy atom. The summed E-state index contributed by atoms with van der Waals surface area (Å²) < 4.78 is 3.88. The Labute approximate surface area is 109 Å². The summed E-state index contributed by atoms with van der Waals surface area (Å²) in [5.74, 6) is 8.24. The number of aromatic nitrogens is 4. The van der Waals surface area contributed by atoms with Crippen LogP contribution < -0.4 is 11.2 Å². The SMILES string of the molecule is C#CCn1c(=O)c2c(nc(C#CC)n2C)n(C)c1=O. The molecule has 2 rings (SSSR count). The van der Waals surface area contributed by atoms with E-state index < -0.39 is 11.2 Å². The van der Waals surface area contributed by atoms with Crippen LogP contribution in [0.15, 0.2) is 9.59 Å². The van der Waals surface area contributed by atoms with Gasteiger partial charge >= 0.3 is 5.69 Å². The van der Waals surface area contributed by atoms with Crippen molar-refractivity contribution in [3.8, 4) is 24.2 Å². The molecule has 19 heavy (non-hydrogen) atoms. The molecule has 0 aliphatic heterocycles. The number of aryl methyl sites for hydroxylation is 2. The highest BCUT2D eigenvalue weighted by molar-refractivity contribution is 5.71. The van der Waals surface area contributed by atoms with Gasteiger partial charge in [-0.25, -0.2) is 14.3 Å². The maximum absolute atomic E-state index is 12.3. The van der Waals surface area contributed by atoms with E-state index >= 15 is 0 Å². The van der Waals surface area contributed by atoms with Crippen molar-refractivity contribution in [2.24, 2.45) is 14.1 Å². The fourth-order valence-electron chi connectivity index (χ4n) is 1.90. The van der Waals surface area contributed by atoms with E-state index in [1.54, 1.807) is 25.6 Å². The topological polar surface area (TPSA) is 61.8 Å². The standard InChI is InChI=1S/C13H12N4O2/c1-5-7-9-14-11-10(15(9)3)12(18)17(8-6-2)13(19)16(11)4/h2H,8H2,1,3-4H3. The van der Waals surface area contributed by atoms with Crippen LogP contribution in [0, 0.1) is 24.2 Å².